The third kappa shape index (κ3) is 2.87. The Kier molecular flexibility index (Phi) is 5.23. The van der Waals surface area contributed by atoms with E-state index in [1.165, 1.54) is 8.96 Å². The van der Waals surface area contributed by atoms with Crippen LogP contribution < -0.4 is 0 Å². The highest BCUT2D eigenvalue weighted by atomic mass is 32.1. The standard InChI is InChI=1S/C24H26BF2N3S/c1-7-20-14(3)23-22(18-9-11-19(12-10-18)28-13-31)24-15(4)21(8-2)17(6)30(24)25(26,27)29(23)16(20)5/h9-12H,7-8H2,1-6H3. The van der Waals surface area contributed by atoms with Crippen LogP contribution in [0.2, 0.25) is 0 Å². The molecule has 0 saturated carbocycles. The van der Waals surface area contributed by atoms with Gasteiger partial charge in [0.1, 0.15) is 5.71 Å². The Balaban J connectivity index is 2.17. The molecule has 2 aliphatic rings. The van der Waals surface area contributed by atoms with Crippen molar-refractivity contribution in [3.8, 4) is 0 Å². The molecule has 7 heteroatoms. The molecule has 0 amide bonds. The van der Waals surface area contributed by atoms with Gasteiger partial charge in [-0.1, -0.05) is 26.0 Å². The number of aromatic nitrogens is 1. The van der Waals surface area contributed by atoms with Crippen molar-refractivity contribution in [3.05, 3.63) is 69.2 Å². The van der Waals surface area contributed by atoms with E-state index in [1.807, 2.05) is 65.8 Å². The topological polar surface area (TPSA) is 20.3 Å². The number of nitrogens with zero attached hydrogens (tertiary/aromatic N) is 3. The maximum Gasteiger partial charge on any atom is 0.737 e. The van der Waals surface area contributed by atoms with Crippen LogP contribution in [0.3, 0.4) is 0 Å². The Morgan fingerprint density at radius 1 is 1.06 bits per heavy atom. The third-order valence-corrected chi connectivity index (χ3v) is 6.92. The van der Waals surface area contributed by atoms with Crippen molar-refractivity contribution >= 4 is 41.3 Å². The largest absolute Gasteiger partial charge is 0.737 e. The van der Waals surface area contributed by atoms with Gasteiger partial charge in [0.2, 0.25) is 0 Å². The number of fused-ring (bicyclic) bond motifs is 2. The van der Waals surface area contributed by atoms with Crippen LogP contribution in [0.1, 0.15) is 62.2 Å². The Morgan fingerprint density at radius 2 is 1.71 bits per heavy atom. The van der Waals surface area contributed by atoms with Crippen molar-refractivity contribution in [2.45, 2.75) is 54.4 Å². The number of rotatable bonds is 4. The molecule has 0 radical (unpaired) electrons. The monoisotopic (exact) mass is 437 g/mol. The summed E-state index contributed by atoms with van der Waals surface area (Å²) in [6.45, 7) is 7.62. The number of aliphatic imine (C=N–C) groups is 1. The number of isothiocyanates is 1. The zero-order valence-electron chi connectivity index (χ0n) is 18.8. The highest BCUT2D eigenvalue weighted by molar-refractivity contribution is 7.78. The van der Waals surface area contributed by atoms with E-state index in [4.69, 9.17) is 12.2 Å². The fourth-order valence-corrected chi connectivity index (χ4v) is 5.61. The fraction of sp³-hybridized carbons (Fsp3) is 0.333. The summed E-state index contributed by atoms with van der Waals surface area (Å²) >= 11 is 4.71. The number of halogens is 2. The maximum atomic E-state index is 16.2. The lowest BCUT2D eigenvalue weighted by molar-refractivity contribution is -0.363. The molecule has 3 nitrogen and oxygen atoms in total. The second-order valence-corrected chi connectivity index (χ2v) is 8.42. The number of allylic oxidation sites excluding steroid dienone is 2. The molecule has 0 atom stereocenters. The second kappa shape index (κ2) is 7.50. The Morgan fingerprint density at radius 3 is 2.26 bits per heavy atom. The zero-order chi connectivity index (χ0) is 22.7. The van der Waals surface area contributed by atoms with E-state index in [9.17, 15) is 0 Å². The van der Waals surface area contributed by atoms with Crippen LogP contribution in [0, 0.1) is 13.8 Å². The lowest BCUT2D eigenvalue weighted by Gasteiger charge is -2.34. The molecule has 4 rings (SSSR count). The van der Waals surface area contributed by atoms with Gasteiger partial charge in [-0.05, 0) is 80.3 Å². The Hall–Kier alpha value is -2.63. The van der Waals surface area contributed by atoms with Crippen LogP contribution in [-0.4, -0.2) is 26.8 Å². The molecule has 0 saturated heterocycles. The van der Waals surface area contributed by atoms with E-state index in [0.29, 0.717) is 41.3 Å². The van der Waals surface area contributed by atoms with Crippen LogP contribution in [0.5, 0.6) is 0 Å². The van der Waals surface area contributed by atoms with E-state index < -0.39 is 6.97 Å². The van der Waals surface area contributed by atoms with Gasteiger partial charge in [-0.3, -0.25) is 0 Å². The predicted octanol–water partition coefficient (Wildman–Crippen LogP) is 6.61. The highest BCUT2D eigenvalue weighted by Crippen LogP contribution is 2.47. The molecule has 160 valence electrons. The van der Waals surface area contributed by atoms with Crippen molar-refractivity contribution in [1.29, 1.82) is 0 Å². The van der Waals surface area contributed by atoms with Crippen LogP contribution in [0.15, 0.2) is 46.1 Å². The minimum absolute atomic E-state index is 0.626. The maximum absolute atomic E-state index is 16.2. The highest BCUT2D eigenvalue weighted by Gasteiger charge is 2.56. The minimum atomic E-state index is -4.00. The van der Waals surface area contributed by atoms with Gasteiger partial charge in [-0.15, -0.1) is 0 Å². The van der Waals surface area contributed by atoms with Crippen molar-refractivity contribution in [2.24, 2.45) is 4.99 Å². The number of thiocarbonyl (C=S) groups is 1. The zero-order valence-corrected chi connectivity index (χ0v) is 19.6. The first kappa shape index (κ1) is 21.6. The van der Waals surface area contributed by atoms with Gasteiger partial charge >= 0.3 is 6.97 Å². The molecule has 0 N–H and O–H groups in total. The van der Waals surface area contributed by atoms with Crippen LogP contribution in [0.4, 0.5) is 14.3 Å². The van der Waals surface area contributed by atoms with Crippen LogP contribution >= 0.6 is 12.2 Å². The molecule has 1 aromatic carbocycles. The summed E-state index contributed by atoms with van der Waals surface area (Å²) in [5, 5.41) is 2.38. The SMILES string of the molecule is CCC1=C(C)C2=C(c3ccc(N=C=S)cc3)c3c(C)c(CC)c(C)n3[B-](F)(F)[N+]2=C1C. The summed E-state index contributed by atoms with van der Waals surface area (Å²) in [5.74, 6) is 0. The quantitative estimate of drug-likeness (QED) is 0.299. The van der Waals surface area contributed by atoms with Crippen LogP contribution in [0.25, 0.3) is 5.57 Å². The van der Waals surface area contributed by atoms with Gasteiger partial charge in [0.05, 0.1) is 16.4 Å². The molecule has 31 heavy (non-hydrogen) atoms. The average molecular weight is 437 g/mol. The molecule has 0 bridgehead atoms. The van der Waals surface area contributed by atoms with Gasteiger partial charge in [0.15, 0.2) is 5.70 Å². The summed E-state index contributed by atoms with van der Waals surface area (Å²) in [7, 11) is 0. The molecule has 0 aliphatic carbocycles. The normalized spacial score (nSPS) is 17.2. The lowest BCUT2D eigenvalue weighted by atomic mass is 9.83. The molecule has 2 aliphatic heterocycles. The van der Waals surface area contributed by atoms with Crippen LogP contribution in [-0.2, 0) is 6.42 Å². The van der Waals surface area contributed by atoms with Crippen molar-refractivity contribution < 1.29 is 13.1 Å². The molecular formula is C24H26BF2N3S. The van der Waals surface area contributed by atoms with E-state index in [0.717, 1.165) is 33.4 Å². The Bertz CT molecular complexity index is 1260. The average Bonchev–Trinajstić information content (AvgIpc) is 3.14. The summed E-state index contributed by atoms with van der Waals surface area (Å²) in [6, 6.07) is 7.58. The molecule has 0 fully saturated rings. The molecule has 1 aromatic heterocycles. The molecular weight excluding hydrogens is 411 g/mol. The first-order valence-electron chi connectivity index (χ1n) is 10.7. The predicted molar refractivity (Wildman–Crippen MR) is 128 cm³/mol. The van der Waals surface area contributed by atoms with Crippen molar-refractivity contribution in [2.75, 3.05) is 0 Å². The molecule has 3 heterocycles. The van der Waals surface area contributed by atoms with Gasteiger partial charge in [-0.2, -0.15) is 4.99 Å². The smallest absolute Gasteiger partial charge is 0.393 e. The summed E-state index contributed by atoms with van der Waals surface area (Å²) < 4.78 is 34.9. The van der Waals surface area contributed by atoms with Crippen molar-refractivity contribution in [3.63, 3.8) is 0 Å². The number of hydrogen-bond donors (Lipinski definition) is 0. The lowest BCUT2D eigenvalue weighted by Crippen LogP contribution is -2.51. The van der Waals surface area contributed by atoms with E-state index in [2.05, 4.69) is 10.2 Å². The van der Waals surface area contributed by atoms with Gasteiger partial charge in [0, 0.05) is 23.8 Å². The first-order chi connectivity index (χ1) is 14.7. The third-order valence-electron chi connectivity index (χ3n) is 6.83. The summed E-state index contributed by atoms with van der Waals surface area (Å²) in [4.78, 5) is 4.03. The van der Waals surface area contributed by atoms with E-state index in [-0.39, 0.29) is 0 Å². The molecule has 2 aromatic rings. The minimum Gasteiger partial charge on any atom is -0.393 e. The van der Waals surface area contributed by atoms with E-state index >= 15 is 8.63 Å². The fourth-order valence-electron chi connectivity index (χ4n) is 5.51. The second-order valence-electron chi connectivity index (χ2n) is 8.24. The Labute approximate surface area is 187 Å². The van der Waals surface area contributed by atoms with Gasteiger partial charge < -0.3 is 17.6 Å². The van der Waals surface area contributed by atoms with Gasteiger partial charge in [0.25, 0.3) is 0 Å². The number of benzene rings is 1. The van der Waals surface area contributed by atoms with Crippen molar-refractivity contribution in [1.82, 2.24) is 4.48 Å². The summed E-state index contributed by atoms with van der Waals surface area (Å²) in [6.07, 6.45) is 1.43. The van der Waals surface area contributed by atoms with E-state index in [1.54, 1.807) is 0 Å². The summed E-state index contributed by atoms with van der Waals surface area (Å²) in [5.41, 5.74) is 8.83. The molecule has 0 spiro atoms. The molecule has 0 unspecified atom stereocenters. The first-order valence-corrected chi connectivity index (χ1v) is 11.1. The van der Waals surface area contributed by atoms with Gasteiger partial charge in [-0.25, -0.2) is 0 Å². The number of hydrogen-bond acceptors (Lipinski definition) is 2.